The lowest BCUT2D eigenvalue weighted by Gasteiger charge is -2.22. The van der Waals surface area contributed by atoms with E-state index in [0.717, 1.165) is 16.3 Å². The number of hydrogen-bond donors (Lipinski definition) is 1. The van der Waals surface area contributed by atoms with E-state index in [-0.39, 0.29) is 18.4 Å². The Morgan fingerprint density at radius 1 is 1.20 bits per heavy atom. The molecule has 2 unspecified atom stereocenters. The number of nitrogens with two attached hydrogens (primary N) is 1. The van der Waals surface area contributed by atoms with Crippen molar-refractivity contribution in [3.05, 3.63) is 77.9 Å². The number of halogens is 1. The first-order valence-corrected chi connectivity index (χ1v) is 9.59. The lowest BCUT2D eigenvalue weighted by atomic mass is 9.93. The Bertz CT molecular complexity index is 1060. The largest absolute Gasteiger partial charge is 0.489 e. The molecule has 0 spiro atoms. The molecule has 1 amide bonds. The molecule has 30 heavy (non-hydrogen) atoms. The van der Waals surface area contributed by atoms with Crippen molar-refractivity contribution in [3.63, 3.8) is 0 Å². The molecular weight excluding hydrogens is 385 g/mol. The third kappa shape index (κ3) is 3.73. The van der Waals surface area contributed by atoms with Gasteiger partial charge in [-0.15, -0.1) is 0 Å². The second kappa shape index (κ2) is 7.79. The van der Waals surface area contributed by atoms with Crippen LogP contribution in [0.5, 0.6) is 5.75 Å². The van der Waals surface area contributed by atoms with E-state index in [9.17, 15) is 9.18 Å². The van der Waals surface area contributed by atoms with E-state index in [2.05, 4.69) is 15.0 Å². The van der Waals surface area contributed by atoms with Crippen molar-refractivity contribution in [2.24, 2.45) is 11.8 Å². The standard InChI is InChI=1S/C22H22FN5O2/c1-14-19(12-25-15(2)27-14)30-13-22(16-6-4-3-5-7-16)10-18(22)21(29)28(24)17-8-9-20(23)26-11-17/h3-9,11-12,18H,10,13,24H2,1-2H3. The Morgan fingerprint density at radius 3 is 2.63 bits per heavy atom. The molecule has 2 N–H and O–H groups in total. The monoisotopic (exact) mass is 407 g/mol. The minimum atomic E-state index is -0.631. The lowest BCUT2D eigenvalue weighted by molar-refractivity contribution is -0.120. The van der Waals surface area contributed by atoms with Crippen molar-refractivity contribution < 1.29 is 13.9 Å². The number of hydrazine groups is 1. The third-order valence-corrected chi connectivity index (χ3v) is 5.49. The van der Waals surface area contributed by atoms with Gasteiger partial charge in [-0.1, -0.05) is 30.3 Å². The molecular formula is C22H22FN5O2. The van der Waals surface area contributed by atoms with Crippen LogP contribution in [0, 0.1) is 25.7 Å². The van der Waals surface area contributed by atoms with Gasteiger partial charge < -0.3 is 4.74 Å². The molecule has 2 heterocycles. The van der Waals surface area contributed by atoms with Gasteiger partial charge in [0.2, 0.25) is 11.9 Å². The van der Waals surface area contributed by atoms with Gasteiger partial charge in [-0.3, -0.25) is 4.79 Å². The molecule has 1 saturated carbocycles. The van der Waals surface area contributed by atoms with Gasteiger partial charge in [0.05, 0.1) is 36.3 Å². The smallest absolute Gasteiger partial charge is 0.245 e. The van der Waals surface area contributed by atoms with Crippen LogP contribution in [0.4, 0.5) is 10.1 Å². The maximum absolute atomic E-state index is 13.1. The number of anilines is 1. The molecule has 1 fully saturated rings. The van der Waals surface area contributed by atoms with Gasteiger partial charge in [0.25, 0.3) is 0 Å². The first-order chi connectivity index (χ1) is 14.4. The maximum atomic E-state index is 13.1. The average Bonchev–Trinajstić information content (AvgIpc) is 3.49. The number of aryl methyl sites for hydroxylation is 2. The number of ether oxygens (including phenoxy) is 1. The highest BCUT2D eigenvalue weighted by molar-refractivity contribution is 5.97. The molecule has 8 heteroatoms. The molecule has 0 aliphatic heterocycles. The summed E-state index contributed by atoms with van der Waals surface area (Å²) >= 11 is 0. The van der Waals surface area contributed by atoms with Crippen molar-refractivity contribution in [3.8, 4) is 5.75 Å². The summed E-state index contributed by atoms with van der Waals surface area (Å²) in [5.74, 6) is 6.02. The predicted molar refractivity (Wildman–Crippen MR) is 109 cm³/mol. The molecule has 0 radical (unpaired) electrons. The molecule has 154 valence electrons. The molecule has 1 aliphatic rings. The molecule has 3 aromatic rings. The third-order valence-electron chi connectivity index (χ3n) is 5.49. The highest BCUT2D eigenvalue weighted by Crippen LogP contribution is 2.55. The number of rotatable bonds is 6. The summed E-state index contributed by atoms with van der Waals surface area (Å²) in [7, 11) is 0. The van der Waals surface area contributed by atoms with Gasteiger partial charge in [-0.05, 0) is 38.0 Å². The fourth-order valence-electron chi connectivity index (χ4n) is 3.69. The van der Waals surface area contributed by atoms with Crippen LogP contribution < -0.4 is 15.6 Å². The first-order valence-electron chi connectivity index (χ1n) is 9.59. The maximum Gasteiger partial charge on any atom is 0.245 e. The topological polar surface area (TPSA) is 94.2 Å². The molecule has 2 atom stereocenters. The van der Waals surface area contributed by atoms with Crippen LogP contribution in [-0.2, 0) is 10.2 Å². The van der Waals surface area contributed by atoms with E-state index in [1.165, 1.54) is 18.3 Å². The van der Waals surface area contributed by atoms with E-state index in [1.54, 1.807) is 6.20 Å². The van der Waals surface area contributed by atoms with E-state index >= 15 is 0 Å². The molecule has 0 bridgehead atoms. The SMILES string of the molecule is Cc1ncc(OCC2(c3ccccc3)CC2C(=O)N(N)c2ccc(F)nc2)c(C)n1. The Labute approximate surface area is 173 Å². The second-order valence-electron chi connectivity index (χ2n) is 7.48. The van der Waals surface area contributed by atoms with E-state index in [1.807, 2.05) is 44.2 Å². The van der Waals surface area contributed by atoms with Crippen molar-refractivity contribution >= 4 is 11.6 Å². The fourth-order valence-corrected chi connectivity index (χ4v) is 3.69. The number of carbonyl (C=O) groups is 1. The molecule has 1 aromatic carbocycles. The lowest BCUT2D eigenvalue weighted by Crippen LogP contribution is -2.41. The molecule has 1 aliphatic carbocycles. The normalized spacial score (nSPS) is 19.9. The molecule has 0 saturated heterocycles. The summed E-state index contributed by atoms with van der Waals surface area (Å²) in [5, 5.41) is 1.03. The summed E-state index contributed by atoms with van der Waals surface area (Å²) in [4.78, 5) is 25.2. The Kier molecular flexibility index (Phi) is 5.17. The summed E-state index contributed by atoms with van der Waals surface area (Å²) in [6.45, 7) is 3.96. The van der Waals surface area contributed by atoms with Gasteiger partial charge in [0.15, 0.2) is 5.75 Å². The van der Waals surface area contributed by atoms with Crippen LogP contribution >= 0.6 is 0 Å². The van der Waals surface area contributed by atoms with E-state index in [0.29, 0.717) is 23.7 Å². The van der Waals surface area contributed by atoms with Crippen LogP contribution in [0.25, 0.3) is 0 Å². The van der Waals surface area contributed by atoms with Crippen LogP contribution in [-0.4, -0.2) is 27.5 Å². The summed E-state index contributed by atoms with van der Waals surface area (Å²) < 4.78 is 19.2. The Balaban J connectivity index is 1.57. The molecule has 4 rings (SSSR count). The molecule has 7 nitrogen and oxygen atoms in total. The van der Waals surface area contributed by atoms with Crippen LogP contribution in [0.3, 0.4) is 0 Å². The summed E-state index contributed by atoms with van der Waals surface area (Å²) in [6.07, 6.45) is 3.47. The minimum absolute atomic E-state index is 0.271. The quantitative estimate of drug-likeness (QED) is 0.292. The summed E-state index contributed by atoms with van der Waals surface area (Å²) in [5.41, 5.74) is 1.56. The average molecular weight is 407 g/mol. The van der Waals surface area contributed by atoms with E-state index in [4.69, 9.17) is 10.6 Å². The number of benzene rings is 1. The van der Waals surface area contributed by atoms with Gasteiger partial charge in [-0.25, -0.2) is 25.8 Å². The highest BCUT2D eigenvalue weighted by Gasteiger charge is 2.61. The van der Waals surface area contributed by atoms with Gasteiger partial charge >= 0.3 is 0 Å². The number of aromatic nitrogens is 3. The second-order valence-corrected chi connectivity index (χ2v) is 7.48. The Hall–Kier alpha value is -3.39. The van der Waals surface area contributed by atoms with Crippen molar-refractivity contribution in [2.75, 3.05) is 11.6 Å². The zero-order chi connectivity index (χ0) is 21.3. The van der Waals surface area contributed by atoms with Crippen LogP contribution in [0.2, 0.25) is 0 Å². The van der Waals surface area contributed by atoms with E-state index < -0.39 is 11.4 Å². The van der Waals surface area contributed by atoms with Gasteiger partial charge in [0.1, 0.15) is 5.82 Å². The number of pyridine rings is 1. The zero-order valence-electron chi connectivity index (χ0n) is 16.7. The van der Waals surface area contributed by atoms with Crippen LogP contribution in [0.15, 0.2) is 54.9 Å². The predicted octanol–water partition coefficient (Wildman–Crippen LogP) is 2.87. The zero-order valence-corrected chi connectivity index (χ0v) is 16.7. The first kappa shape index (κ1) is 19.9. The fraction of sp³-hybridized carbons (Fsp3) is 0.273. The number of hydrogen-bond acceptors (Lipinski definition) is 6. The number of nitrogens with zero attached hydrogens (tertiary/aromatic N) is 4. The van der Waals surface area contributed by atoms with Gasteiger partial charge in [-0.2, -0.15) is 4.39 Å². The van der Waals surface area contributed by atoms with Crippen LogP contribution in [0.1, 0.15) is 23.5 Å². The summed E-state index contributed by atoms with van der Waals surface area (Å²) in [6, 6.07) is 12.3. The number of carbonyl (C=O) groups excluding carboxylic acids is 1. The van der Waals surface area contributed by atoms with Crippen molar-refractivity contribution in [2.45, 2.75) is 25.7 Å². The minimum Gasteiger partial charge on any atom is -0.489 e. The Morgan fingerprint density at radius 2 is 1.97 bits per heavy atom. The number of amides is 1. The molecule has 2 aromatic heterocycles. The highest BCUT2D eigenvalue weighted by atomic mass is 19.1. The van der Waals surface area contributed by atoms with Gasteiger partial charge in [0, 0.05) is 5.41 Å². The van der Waals surface area contributed by atoms with Crippen molar-refractivity contribution in [1.82, 2.24) is 15.0 Å². The van der Waals surface area contributed by atoms with Crippen molar-refractivity contribution in [1.29, 1.82) is 0 Å².